The molecule has 2 rings (SSSR count). The van der Waals surface area contributed by atoms with Gasteiger partial charge < -0.3 is 9.15 Å². The van der Waals surface area contributed by atoms with Gasteiger partial charge in [0.25, 0.3) is 0 Å². The number of hydrogen-bond donors (Lipinski definition) is 0. The minimum absolute atomic E-state index is 0.0539. The van der Waals surface area contributed by atoms with E-state index in [-0.39, 0.29) is 17.1 Å². The number of hydrogen-bond acceptors (Lipinski definition) is 5. The Morgan fingerprint density at radius 3 is 2.64 bits per heavy atom. The first kappa shape index (κ1) is 18.2. The largest absolute Gasteiger partial charge is 0.471 e. The van der Waals surface area contributed by atoms with E-state index < -0.39 is 24.6 Å². The minimum Gasteiger partial charge on any atom is -0.466 e. The van der Waals surface area contributed by atoms with Gasteiger partial charge in [-0.25, -0.2) is 9.78 Å². The maximum atomic E-state index is 13.0. The lowest BCUT2D eigenvalue weighted by Gasteiger charge is -2.24. The zero-order valence-corrected chi connectivity index (χ0v) is 13.0. The van der Waals surface area contributed by atoms with Crippen molar-refractivity contribution in [1.82, 2.24) is 4.98 Å². The number of oxazole rings is 1. The first-order valence-electron chi connectivity index (χ1n) is 6.96. The molecule has 25 heavy (non-hydrogen) atoms. The molecule has 0 aliphatic carbocycles. The number of ether oxygens (including phenoxy) is 1. The quantitative estimate of drug-likeness (QED) is 0.610. The van der Waals surface area contributed by atoms with Crippen molar-refractivity contribution < 1.29 is 31.9 Å². The first-order chi connectivity index (χ1) is 11.8. The smallest absolute Gasteiger partial charge is 0.466 e. The molecule has 0 radical (unpaired) electrons. The molecule has 0 saturated heterocycles. The van der Waals surface area contributed by atoms with E-state index in [0.29, 0.717) is 4.90 Å². The van der Waals surface area contributed by atoms with Crippen LogP contribution in [0.3, 0.4) is 0 Å². The van der Waals surface area contributed by atoms with E-state index in [1.54, 1.807) is 6.07 Å². The number of benzene rings is 1. The van der Waals surface area contributed by atoms with Crippen molar-refractivity contribution in [2.45, 2.75) is 6.18 Å². The van der Waals surface area contributed by atoms with E-state index in [2.05, 4.69) is 9.72 Å². The number of rotatable bonds is 5. The highest BCUT2D eigenvalue weighted by molar-refractivity contribution is 6.00. The first-order valence-corrected chi connectivity index (χ1v) is 6.96. The normalized spacial score (nSPS) is 11.5. The Morgan fingerprint density at radius 1 is 1.32 bits per heavy atom. The number of carbonyl (C=O) groups is 2. The van der Waals surface area contributed by atoms with Gasteiger partial charge in [0.1, 0.15) is 6.26 Å². The lowest BCUT2D eigenvalue weighted by molar-refractivity contribution is -0.170. The number of carbonyl (C=O) groups excluding carboxylic acids is 2. The summed E-state index contributed by atoms with van der Waals surface area (Å²) in [5.74, 6) is -2.77. The second kappa shape index (κ2) is 7.65. The Labute approximate surface area is 140 Å². The van der Waals surface area contributed by atoms with Crippen molar-refractivity contribution in [1.29, 1.82) is 0 Å². The molecule has 0 saturated carbocycles. The van der Waals surface area contributed by atoms with Crippen LogP contribution < -0.4 is 4.90 Å². The van der Waals surface area contributed by atoms with Gasteiger partial charge in [-0.05, 0) is 12.1 Å². The van der Waals surface area contributed by atoms with Gasteiger partial charge in [-0.15, -0.1) is 0 Å². The Balaban J connectivity index is 2.44. The third-order valence-corrected chi connectivity index (χ3v) is 3.09. The number of para-hydroxylation sites is 1. The van der Waals surface area contributed by atoms with Crippen LogP contribution in [0.2, 0.25) is 0 Å². The summed E-state index contributed by atoms with van der Waals surface area (Å²) >= 11 is 0. The Morgan fingerprint density at radius 2 is 2.04 bits per heavy atom. The summed E-state index contributed by atoms with van der Waals surface area (Å²) in [6, 6.07) is 5.85. The Hall–Kier alpha value is -3.10. The van der Waals surface area contributed by atoms with Crippen LogP contribution in [-0.4, -0.2) is 36.7 Å². The predicted molar refractivity (Wildman–Crippen MR) is 81.5 cm³/mol. The van der Waals surface area contributed by atoms with Crippen molar-refractivity contribution in [2.24, 2.45) is 0 Å². The molecule has 0 fully saturated rings. The molecule has 2 aromatic rings. The average Bonchev–Trinajstić information content (AvgIpc) is 3.11. The van der Waals surface area contributed by atoms with E-state index in [9.17, 15) is 22.8 Å². The molecule has 0 N–H and O–H groups in total. The van der Waals surface area contributed by atoms with Gasteiger partial charge in [-0.2, -0.15) is 13.2 Å². The summed E-state index contributed by atoms with van der Waals surface area (Å²) in [4.78, 5) is 27.3. The van der Waals surface area contributed by atoms with Crippen molar-refractivity contribution in [3.63, 3.8) is 0 Å². The van der Waals surface area contributed by atoms with Crippen molar-refractivity contribution in [2.75, 3.05) is 18.6 Å². The van der Waals surface area contributed by atoms with E-state index >= 15 is 0 Å². The third-order valence-electron chi connectivity index (χ3n) is 3.09. The van der Waals surface area contributed by atoms with Crippen molar-refractivity contribution in [3.05, 3.63) is 48.9 Å². The highest BCUT2D eigenvalue weighted by Crippen LogP contribution is 2.32. The van der Waals surface area contributed by atoms with Crippen LogP contribution in [0.15, 0.2) is 53.3 Å². The summed E-state index contributed by atoms with van der Waals surface area (Å²) in [5, 5.41) is 0. The van der Waals surface area contributed by atoms with Gasteiger partial charge >= 0.3 is 18.1 Å². The van der Waals surface area contributed by atoms with Crippen LogP contribution in [0.1, 0.15) is 0 Å². The summed E-state index contributed by atoms with van der Waals surface area (Å²) in [6.07, 6.45) is -0.465. The van der Waals surface area contributed by atoms with Gasteiger partial charge in [-0.1, -0.05) is 18.2 Å². The second-order valence-corrected chi connectivity index (χ2v) is 4.69. The fourth-order valence-electron chi connectivity index (χ4n) is 2.01. The lowest BCUT2D eigenvalue weighted by Crippen LogP contribution is -2.41. The molecule has 1 aromatic heterocycles. The maximum absolute atomic E-state index is 13.0. The highest BCUT2D eigenvalue weighted by Gasteiger charge is 2.43. The molecule has 0 atom stereocenters. The van der Waals surface area contributed by atoms with E-state index in [4.69, 9.17) is 4.42 Å². The number of aromatic nitrogens is 1. The number of amides is 1. The van der Waals surface area contributed by atoms with Crippen molar-refractivity contribution in [3.8, 4) is 11.5 Å². The molecule has 132 valence electrons. The number of alkyl halides is 3. The monoisotopic (exact) mass is 354 g/mol. The van der Waals surface area contributed by atoms with E-state index in [1.165, 1.54) is 30.7 Å². The van der Waals surface area contributed by atoms with Crippen LogP contribution in [0, 0.1) is 0 Å². The van der Waals surface area contributed by atoms with Gasteiger partial charge in [0.05, 0.1) is 24.6 Å². The zero-order chi connectivity index (χ0) is 18.4. The number of esters is 1. The SMILES string of the molecule is COC(=O)/C=C/CN(C(=O)C(F)(F)F)c1ccccc1-c1ncco1. The topological polar surface area (TPSA) is 72.6 Å². The number of halogens is 3. The molecule has 6 nitrogen and oxygen atoms in total. The molecular formula is C16H13F3N2O4. The molecule has 0 spiro atoms. The van der Waals surface area contributed by atoms with Crippen LogP contribution in [0.5, 0.6) is 0 Å². The third kappa shape index (κ3) is 4.46. The number of anilines is 1. The zero-order valence-electron chi connectivity index (χ0n) is 13.0. The van der Waals surface area contributed by atoms with Gasteiger partial charge in [0.2, 0.25) is 5.89 Å². The van der Waals surface area contributed by atoms with Crippen LogP contribution in [0.4, 0.5) is 18.9 Å². The lowest BCUT2D eigenvalue weighted by atomic mass is 10.1. The Kier molecular flexibility index (Phi) is 5.58. The summed E-state index contributed by atoms with van der Waals surface area (Å²) in [5.41, 5.74) is 0.151. The number of methoxy groups -OCH3 is 1. The number of nitrogens with zero attached hydrogens (tertiary/aromatic N) is 2. The maximum Gasteiger partial charge on any atom is 0.471 e. The van der Waals surface area contributed by atoms with Crippen LogP contribution in [-0.2, 0) is 14.3 Å². The fraction of sp³-hybridized carbons (Fsp3) is 0.188. The summed E-state index contributed by atoms with van der Waals surface area (Å²) in [6.45, 7) is -0.495. The molecule has 0 aliphatic rings. The minimum atomic E-state index is -5.09. The van der Waals surface area contributed by atoms with Crippen LogP contribution in [0.25, 0.3) is 11.5 Å². The molecule has 0 bridgehead atoms. The molecule has 1 amide bonds. The van der Waals surface area contributed by atoms with E-state index in [0.717, 1.165) is 19.3 Å². The summed E-state index contributed by atoms with van der Waals surface area (Å²) < 4.78 is 48.4. The van der Waals surface area contributed by atoms with Crippen molar-refractivity contribution >= 4 is 17.6 Å². The molecule has 1 aromatic carbocycles. The van der Waals surface area contributed by atoms with Gasteiger partial charge in [0, 0.05) is 12.6 Å². The second-order valence-electron chi connectivity index (χ2n) is 4.69. The Bertz CT molecular complexity index is 770. The van der Waals surface area contributed by atoms with Crippen LogP contribution >= 0.6 is 0 Å². The molecule has 0 aliphatic heterocycles. The highest BCUT2D eigenvalue weighted by atomic mass is 19.4. The fourth-order valence-corrected chi connectivity index (χ4v) is 2.01. The molecular weight excluding hydrogens is 341 g/mol. The van der Waals surface area contributed by atoms with E-state index in [1.807, 2.05) is 0 Å². The standard InChI is InChI=1S/C16H13F3N2O4/c1-24-13(22)7-4-9-21(15(23)16(17,18)19)12-6-3-2-5-11(12)14-20-8-10-25-14/h2-8,10H,9H2,1H3/b7-4+. The molecule has 1 heterocycles. The molecule has 0 unspecified atom stereocenters. The predicted octanol–water partition coefficient (Wildman–Crippen LogP) is 2.97. The average molecular weight is 354 g/mol. The summed E-state index contributed by atoms with van der Waals surface area (Å²) in [7, 11) is 1.13. The van der Waals surface area contributed by atoms with Gasteiger partial charge in [0.15, 0.2) is 0 Å². The van der Waals surface area contributed by atoms with Gasteiger partial charge in [-0.3, -0.25) is 9.69 Å². The molecule has 9 heteroatoms.